The van der Waals surface area contributed by atoms with Gasteiger partial charge in [0.25, 0.3) is 0 Å². The van der Waals surface area contributed by atoms with Gasteiger partial charge in [0, 0.05) is 7.11 Å². The first-order valence-electron chi connectivity index (χ1n) is 4.67. The van der Waals surface area contributed by atoms with Crippen molar-refractivity contribution in [1.29, 1.82) is 0 Å². The molecule has 82 valence electrons. The van der Waals surface area contributed by atoms with E-state index in [4.69, 9.17) is 0 Å². The molecule has 0 heterocycles. The molecule has 0 bridgehead atoms. The highest BCUT2D eigenvalue weighted by Gasteiger charge is 2.09. The second-order valence-electron chi connectivity index (χ2n) is 3.28. The summed E-state index contributed by atoms with van der Waals surface area (Å²) in [6.07, 6.45) is 0. The third-order valence-corrected chi connectivity index (χ3v) is 2.00. The Morgan fingerprint density at radius 1 is 1.60 bits per heavy atom. The van der Waals surface area contributed by atoms with E-state index in [2.05, 4.69) is 10.1 Å². The molecule has 1 atom stereocenters. The monoisotopic (exact) mass is 211 g/mol. The molecule has 0 saturated heterocycles. The van der Waals surface area contributed by atoms with E-state index < -0.39 is 0 Å². The van der Waals surface area contributed by atoms with Crippen LogP contribution in [0.3, 0.4) is 0 Å². The molecule has 1 amide bonds. The molecule has 0 radical (unpaired) electrons. The number of ether oxygens (including phenoxy) is 1. The largest absolute Gasteiger partial charge is 0.375 e. The Morgan fingerprint density at radius 2 is 2.33 bits per heavy atom. The van der Waals surface area contributed by atoms with E-state index in [1.807, 2.05) is 0 Å². The highest BCUT2D eigenvalue weighted by molar-refractivity contribution is 5.77. The number of hydrogen-bond donors (Lipinski definition) is 1. The minimum Gasteiger partial charge on any atom is -0.375 e. The molecule has 1 rings (SSSR count). The molecule has 1 aromatic rings. The zero-order valence-corrected chi connectivity index (χ0v) is 8.79. The zero-order valence-electron chi connectivity index (χ0n) is 8.79. The van der Waals surface area contributed by atoms with Gasteiger partial charge in [-0.25, -0.2) is 4.39 Å². The first-order valence-corrected chi connectivity index (χ1v) is 4.67. The molecule has 0 aliphatic carbocycles. The highest BCUT2D eigenvalue weighted by atomic mass is 19.1. The second kappa shape index (κ2) is 5.46. The summed E-state index contributed by atoms with van der Waals surface area (Å²) >= 11 is 0. The molecule has 15 heavy (non-hydrogen) atoms. The molecule has 1 unspecified atom stereocenters. The third-order valence-electron chi connectivity index (χ3n) is 2.00. The van der Waals surface area contributed by atoms with Crippen LogP contribution in [0.25, 0.3) is 0 Å². The second-order valence-corrected chi connectivity index (χ2v) is 3.28. The summed E-state index contributed by atoms with van der Waals surface area (Å²) in [7, 11) is 1.45. The van der Waals surface area contributed by atoms with E-state index in [9.17, 15) is 9.18 Å². The van der Waals surface area contributed by atoms with Gasteiger partial charge in [-0.3, -0.25) is 4.79 Å². The number of carbonyl (C=O) groups excluding carboxylic acids is 1. The van der Waals surface area contributed by atoms with Gasteiger partial charge in [-0.15, -0.1) is 0 Å². The van der Waals surface area contributed by atoms with Gasteiger partial charge in [0.15, 0.2) is 0 Å². The number of carbonyl (C=O) groups is 1. The number of methoxy groups -OCH3 is 1. The van der Waals surface area contributed by atoms with Gasteiger partial charge in [-0.1, -0.05) is 12.1 Å². The standard InChI is InChI=1S/C11H14FNO2/c1-8(13-11(14)7-15-2)9-4-3-5-10(12)6-9/h3-6,8H,7H2,1-2H3,(H,13,14). The van der Waals surface area contributed by atoms with Gasteiger partial charge in [0.05, 0.1) is 6.04 Å². The topological polar surface area (TPSA) is 38.3 Å². The van der Waals surface area contributed by atoms with Crippen molar-refractivity contribution in [3.05, 3.63) is 35.6 Å². The average Bonchev–Trinajstić information content (AvgIpc) is 2.18. The molecule has 0 aliphatic heterocycles. The number of rotatable bonds is 4. The summed E-state index contributed by atoms with van der Waals surface area (Å²) < 4.78 is 17.6. The minimum atomic E-state index is -0.305. The highest BCUT2D eigenvalue weighted by Crippen LogP contribution is 2.12. The predicted octanol–water partition coefficient (Wildman–Crippen LogP) is 1.65. The Balaban J connectivity index is 2.60. The summed E-state index contributed by atoms with van der Waals surface area (Å²) in [5.74, 6) is -0.519. The molecular formula is C11H14FNO2. The van der Waals surface area contributed by atoms with Crippen molar-refractivity contribution in [1.82, 2.24) is 5.32 Å². The Kier molecular flexibility index (Phi) is 4.24. The van der Waals surface area contributed by atoms with Gasteiger partial charge in [-0.2, -0.15) is 0 Å². The van der Waals surface area contributed by atoms with Crippen LogP contribution >= 0.6 is 0 Å². The zero-order chi connectivity index (χ0) is 11.3. The molecule has 0 fully saturated rings. The Morgan fingerprint density at radius 3 is 2.93 bits per heavy atom. The third kappa shape index (κ3) is 3.67. The Hall–Kier alpha value is -1.42. The summed E-state index contributed by atoms with van der Waals surface area (Å²) in [6, 6.07) is 5.93. The predicted molar refractivity (Wildman–Crippen MR) is 54.8 cm³/mol. The summed E-state index contributed by atoms with van der Waals surface area (Å²) in [5, 5.41) is 2.69. The molecule has 0 spiro atoms. The number of benzene rings is 1. The van der Waals surface area contributed by atoms with E-state index in [1.54, 1.807) is 19.1 Å². The maximum absolute atomic E-state index is 12.9. The maximum Gasteiger partial charge on any atom is 0.246 e. The molecule has 0 aromatic heterocycles. The van der Waals surface area contributed by atoms with Gasteiger partial charge in [0.2, 0.25) is 5.91 Å². The first kappa shape index (κ1) is 11.7. The van der Waals surface area contributed by atoms with Crippen molar-refractivity contribution < 1.29 is 13.9 Å². The van der Waals surface area contributed by atoms with Crippen LogP contribution in [0.5, 0.6) is 0 Å². The lowest BCUT2D eigenvalue weighted by Gasteiger charge is -2.13. The maximum atomic E-state index is 12.9. The van der Waals surface area contributed by atoms with Crippen LogP contribution in [0.1, 0.15) is 18.5 Å². The van der Waals surface area contributed by atoms with Gasteiger partial charge in [-0.05, 0) is 24.6 Å². The van der Waals surface area contributed by atoms with Crippen molar-refractivity contribution >= 4 is 5.91 Å². The first-order chi connectivity index (χ1) is 7.13. The molecule has 0 saturated carbocycles. The van der Waals surface area contributed by atoms with Crippen molar-refractivity contribution in [3.63, 3.8) is 0 Å². The SMILES string of the molecule is COCC(=O)NC(C)c1cccc(F)c1. The fourth-order valence-corrected chi connectivity index (χ4v) is 1.27. The number of hydrogen-bond acceptors (Lipinski definition) is 2. The molecule has 1 aromatic carbocycles. The summed E-state index contributed by atoms with van der Waals surface area (Å²) in [6.45, 7) is 1.81. The van der Waals surface area contributed by atoms with E-state index in [0.29, 0.717) is 0 Å². The van der Waals surface area contributed by atoms with Crippen LogP contribution in [0.4, 0.5) is 4.39 Å². The van der Waals surface area contributed by atoms with E-state index in [1.165, 1.54) is 19.2 Å². The number of halogens is 1. The van der Waals surface area contributed by atoms with Gasteiger partial charge < -0.3 is 10.1 Å². The van der Waals surface area contributed by atoms with Gasteiger partial charge in [0.1, 0.15) is 12.4 Å². The Bertz CT molecular complexity index is 341. The average molecular weight is 211 g/mol. The van der Waals surface area contributed by atoms with Crippen molar-refractivity contribution in [2.75, 3.05) is 13.7 Å². The van der Waals surface area contributed by atoms with Crippen LogP contribution in [-0.4, -0.2) is 19.6 Å². The van der Waals surface area contributed by atoms with E-state index in [0.717, 1.165) is 5.56 Å². The molecule has 3 nitrogen and oxygen atoms in total. The normalized spacial score (nSPS) is 12.2. The van der Waals surface area contributed by atoms with Crippen molar-refractivity contribution in [2.24, 2.45) is 0 Å². The lowest BCUT2D eigenvalue weighted by Crippen LogP contribution is -2.29. The fourth-order valence-electron chi connectivity index (χ4n) is 1.27. The van der Waals surface area contributed by atoms with Gasteiger partial charge >= 0.3 is 0 Å². The molecular weight excluding hydrogens is 197 g/mol. The number of amides is 1. The minimum absolute atomic E-state index is 0.0135. The molecule has 4 heteroatoms. The van der Waals surface area contributed by atoms with Crippen LogP contribution < -0.4 is 5.32 Å². The molecule has 1 N–H and O–H groups in total. The smallest absolute Gasteiger partial charge is 0.246 e. The van der Waals surface area contributed by atoms with E-state index >= 15 is 0 Å². The van der Waals surface area contributed by atoms with Crippen LogP contribution in [0.15, 0.2) is 24.3 Å². The van der Waals surface area contributed by atoms with E-state index in [-0.39, 0.29) is 24.4 Å². The van der Waals surface area contributed by atoms with Crippen molar-refractivity contribution in [2.45, 2.75) is 13.0 Å². The van der Waals surface area contributed by atoms with Crippen molar-refractivity contribution in [3.8, 4) is 0 Å². The van der Waals surface area contributed by atoms with Crippen LogP contribution in [-0.2, 0) is 9.53 Å². The summed E-state index contributed by atoms with van der Waals surface area (Å²) in [5.41, 5.74) is 0.736. The lowest BCUT2D eigenvalue weighted by molar-refractivity contribution is -0.125. The fraction of sp³-hybridized carbons (Fsp3) is 0.364. The summed E-state index contributed by atoms with van der Waals surface area (Å²) in [4.78, 5) is 11.2. The Labute approximate surface area is 88.2 Å². The quantitative estimate of drug-likeness (QED) is 0.822. The lowest BCUT2D eigenvalue weighted by atomic mass is 10.1. The van der Waals surface area contributed by atoms with Crippen LogP contribution in [0, 0.1) is 5.82 Å². The number of nitrogens with one attached hydrogen (secondary N) is 1. The van der Waals surface area contributed by atoms with Crippen LogP contribution in [0.2, 0.25) is 0 Å². The molecule has 0 aliphatic rings.